The third-order valence-electron chi connectivity index (χ3n) is 4.34. The van der Waals surface area contributed by atoms with Crippen molar-refractivity contribution in [3.05, 3.63) is 35.4 Å². The molecule has 0 heterocycles. The van der Waals surface area contributed by atoms with Crippen molar-refractivity contribution in [2.75, 3.05) is 14.2 Å². The molecule has 2 aromatic carbocycles. The van der Waals surface area contributed by atoms with E-state index in [1.54, 1.807) is 24.3 Å². The van der Waals surface area contributed by atoms with Crippen LogP contribution < -0.4 is 18.9 Å². The average Bonchev–Trinajstić information content (AvgIpc) is 2.76. The Labute approximate surface area is 196 Å². The Morgan fingerprint density at radius 2 is 0.941 bits per heavy atom. The van der Waals surface area contributed by atoms with Gasteiger partial charge in [-0.05, 0) is 35.4 Å². The molecule has 0 unspecified atom stereocenters. The number of benzene rings is 2. The van der Waals surface area contributed by atoms with Crippen LogP contribution in [0.1, 0.15) is 38.8 Å². The van der Waals surface area contributed by atoms with Gasteiger partial charge in [0, 0.05) is 38.8 Å². The molecule has 2 aromatic rings. The zero-order valence-electron chi connectivity index (χ0n) is 19.8. The number of rotatable bonds is 9. The van der Waals surface area contributed by atoms with E-state index in [1.165, 1.54) is 41.9 Å². The van der Waals surface area contributed by atoms with E-state index in [0.717, 1.165) is 0 Å². The zero-order valence-corrected chi connectivity index (χ0v) is 19.8. The summed E-state index contributed by atoms with van der Waals surface area (Å²) < 4.78 is 31.9. The Bertz CT molecular complexity index is 1020. The molecule has 0 saturated carbocycles. The third-order valence-corrected chi connectivity index (χ3v) is 4.34. The van der Waals surface area contributed by atoms with Gasteiger partial charge in [-0.2, -0.15) is 0 Å². The van der Waals surface area contributed by atoms with Crippen LogP contribution in [0.25, 0.3) is 11.1 Å². The highest BCUT2D eigenvalue weighted by atomic mass is 16.6. The molecule has 0 aliphatic carbocycles. The highest BCUT2D eigenvalue weighted by molar-refractivity contribution is 5.86. The highest BCUT2D eigenvalue weighted by Gasteiger charge is 2.24. The smallest absolute Gasteiger partial charge is 0.308 e. The molecule has 0 atom stereocenters. The standard InChI is InChI=1S/C24H26O10/c1-13(25)31-11-17-7-19(23(33-15(3)27)21(9-17)29-5)20-8-18(12-32-14(2)26)10-22(30-6)24(20)34-16(4)28/h7-10H,11-12H2,1-6H3. The number of hydrogen-bond acceptors (Lipinski definition) is 10. The maximum atomic E-state index is 11.9. The lowest BCUT2D eigenvalue weighted by molar-refractivity contribution is -0.143. The summed E-state index contributed by atoms with van der Waals surface area (Å²) in [5.41, 5.74) is 1.60. The van der Waals surface area contributed by atoms with E-state index < -0.39 is 23.9 Å². The van der Waals surface area contributed by atoms with Gasteiger partial charge < -0.3 is 28.4 Å². The lowest BCUT2D eigenvalue weighted by Crippen LogP contribution is -2.09. The van der Waals surface area contributed by atoms with Gasteiger partial charge in [0.15, 0.2) is 23.0 Å². The fourth-order valence-corrected chi connectivity index (χ4v) is 3.06. The minimum absolute atomic E-state index is 0.0432. The largest absolute Gasteiger partial charge is 0.493 e. The molecule has 0 aliphatic rings. The summed E-state index contributed by atoms with van der Waals surface area (Å²) in [6.07, 6.45) is 0. The van der Waals surface area contributed by atoms with Gasteiger partial charge in [-0.1, -0.05) is 0 Å². The van der Waals surface area contributed by atoms with Gasteiger partial charge in [0.1, 0.15) is 13.2 Å². The summed E-state index contributed by atoms with van der Waals surface area (Å²) >= 11 is 0. The van der Waals surface area contributed by atoms with Crippen molar-refractivity contribution in [1.29, 1.82) is 0 Å². The molecule has 2 rings (SSSR count). The Morgan fingerprint density at radius 1 is 0.588 bits per heavy atom. The van der Waals surface area contributed by atoms with Crippen LogP contribution >= 0.6 is 0 Å². The molecule has 182 valence electrons. The van der Waals surface area contributed by atoms with Crippen LogP contribution in [0.3, 0.4) is 0 Å². The summed E-state index contributed by atoms with van der Waals surface area (Å²) in [7, 11) is 2.76. The van der Waals surface area contributed by atoms with Crippen LogP contribution in [0.2, 0.25) is 0 Å². The summed E-state index contributed by atoms with van der Waals surface area (Å²) in [4.78, 5) is 46.4. The number of methoxy groups -OCH3 is 2. The predicted molar refractivity (Wildman–Crippen MR) is 119 cm³/mol. The minimum Gasteiger partial charge on any atom is -0.493 e. The number of carbonyl (C=O) groups is 4. The Hall–Kier alpha value is -4.08. The van der Waals surface area contributed by atoms with Gasteiger partial charge in [-0.3, -0.25) is 19.2 Å². The van der Waals surface area contributed by atoms with Gasteiger partial charge in [-0.25, -0.2) is 0 Å². The number of carbonyl (C=O) groups excluding carboxylic acids is 4. The van der Waals surface area contributed by atoms with E-state index in [1.807, 2.05) is 0 Å². The zero-order chi connectivity index (χ0) is 25.4. The maximum absolute atomic E-state index is 11.9. The minimum atomic E-state index is -0.621. The van der Waals surface area contributed by atoms with E-state index in [0.29, 0.717) is 11.1 Å². The van der Waals surface area contributed by atoms with E-state index >= 15 is 0 Å². The SMILES string of the molecule is COc1cc(COC(C)=O)cc(-c2cc(COC(C)=O)cc(OC)c2OC(C)=O)c1OC(C)=O. The lowest BCUT2D eigenvalue weighted by atomic mass is 9.97. The second-order valence-corrected chi connectivity index (χ2v) is 7.10. The molecule has 0 N–H and O–H groups in total. The molecule has 0 fully saturated rings. The summed E-state index contributed by atoms with van der Waals surface area (Å²) in [5.74, 6) is -1.79. The molecule has 0 aromatic heterocycles. The third kappa shape index (κ3) is 6.96. The van der Waals surface area contributed by atoms with Crippen LogP contribution in [-0.4, -0.2) is 38.1 Å². The Kier molecular flexibility index (Phi) is 9.00. The summed E-state index contributed by atoms with van der Waals surface area (Å²) in [5, 5.41) is 0. The van der Waals surface area contributed by atoms with Crippen LogP contribution in [0, 0.1) is 0 Å². The molecule has 34 heavy (non-hydrogen) atoms. The van der Waals surface area contributed by atoms with Crippen molar-refractivity contribution < 1.29 is 47.6 Å². The molecule has 0 spiro atoms. The van der Waals surface area contributed by atoms with E-state index in [-0.39, 0.29) is 47.3 Å². The van der Waals surface area contributed by atoms with Crippen LogP contribution in [0.5, 0.6) is 23.0 Å². The number of ether oxygens (including phenoxy) is 6. The normalized spacial score (nSPS) is 10.2. The van der Waals surface area contributed by atoms with Crippen molar-refractivity contribution in [3.63, 3.8) is 0 Å². The van der Waals surface area contributed by atoms with Crippen LogP contribution in [-0.2, 0) is 41.9 Å². The van der Waals surface area contributed by atoms with E-state index in [4.69, 9.17) is 28.4 Å². The molecule has 0 amide bonds. The molecule has 0 saturated heterocycles. The Balaban J connectivity index is 2.86. The van der Waals surface area contributed by atoms with E-state index in [9.17, 15) is 19.2 Å². The van der Waals surface area contributed by atoms with Crippen molar-refractivity contribution >= 4 is 23.9 Å². The second kappa shape index (κ2) is 11.7. The molecular formula is C24H26O10. The fraction of sp³-hybridized carbons (Fsp3) is 0.333. The Morgan fingerprint density at radius 3 is 1.21 bits per heavy atom. The second-order valence-electron chi connectivity index (χ2n) is 7.10. The quantitative estimate of drug-likeness (QED) is 0.395. The first-order valence-corrected chi connectivity index (χ1v) is 10.1. The number of hydrogen-bond donors (Lipinski definition) is 0. The van der Waals surface area contributed by atoms with Crippen molar-refractivity contribution in [3.8, 4) is 34.1 Å². The van der Waals surface area contributed by atoms with Gasteiger partial charge in [0.2, 0.25) is 0 Å². The van der Waals surface area contributed by atoms with Gasteiger partial charge >= 0.3 is 23.9 Å². The van der Waals surface area contributed by atoms with Crippen LogP contribution in [0.15, 0.2) is 24.3 Å². The molecule has 0 aliphatic heterocycles. The van der Waals surface area contributed by atoms with Gasteiger partial charge in [-0.15, -0.1) is 0 Å². The summed E-state index contributed by atoms with van der Waals surface area (Å²) in [6.45, 7) is 4.81. The van der Waals surface area contributed by atoms with E-state index in [2.05, 4.69) is 0 Å². The van der Waals surface area contributed by atoms with Crippen molar-refractivity contribution in [2.45, 2.75) is 40.9 Å². The lowest BCUT2D eigenvalue weighted by Gasteiger charge is -2.20. The topological polar surface area (TPSA) is 124 Å². The van der Waals surface area contributed by atoms with Crippen molar-refractivity contribution in [1.82, 2.24) is 0 Å². The van der Waals surface area contributed by atoms with Crippen molar-refractivity contribution in [2.24, 2.45) is 0 Å². The first-order valence-electron chi connectivity index (χ1n) is 10.1. The first-order chi connectivity index (χ1) is 16.0. The number of esters is 4. The highest BCUT2D eigenvalue weighted by Crippen LogP contribution is 2.47. The fourth-order valence-electron chi connectivity index (χ4n) is 3.06. The molecule has 10 heteroatoms. The van der Waals surface area contributed by atoms with Crippen LogP contribution in [0.4, 0.5) is 0 Å². The molecule has 0 bridgehead atoms. The van der Waals surface area contributed by atoms with Gasteiger partial charge in [0.25, 0.3) is 0 Å². The molecule has 0 radical (unpaired) electrons. The maximum Gasteiger partial charge on any atom is 0.308 e. The monoisotopic (exact) mass is 474 g/mol. The predicted octanol–water partition coefficient (Wildman–Crippen LogP) is 3.35. The average molecular weight is 474 g/mol. The molecular weight excluding hydrogens is 448 g/mol. The summed E-state index contributed by atoms with van der Waals surface area (Å²) in [6, 6.07) is 6.30. The first kappa shape index (κ1) is 26.2. The van der Waals surface area contributed by atoms with Gasteiger partial charge in [0.05, 0.1) is 14.2 Å². The molecule has 10 nitrogen and oxygen atoms in total.